The molecule has 6 nitrogen and oxygen atoms in total. The molecule has 1 saturated heterocycles. The van der Waals surface area contributed by atoms with Gasteiger partial charge < -0.3 is 9.15 Å². The van der Waals surface area contributed by atoms with Gasteiger partial charge in [0.15, 0.2) is 0 Å². The summed E-state index contributed by atoms with van der Waals surface area (Å²) in [4.78, 5) is 12.3. The van der Waals surface area contributed by atoms with E-state index < -0.39 is 16.0 Å². The van der Waals surface area contributed by atoms with Crippen molar-refractivity contribution in [2.75, 3.05) is 13.1 Å². The topological polar surface area (TPSA) is 76.8 Å². The van der Waals surface area contributed by atoms with Gasteiger partial charge in [-0.1, -0.05) is 11.6 Å². The third kappa shape index (κ3) is 3.58. The normalized spacial score (nSPS) is 15.5. The van der Waals surface area contributed by atoms with Crippen LogP contribution in [0, 0.1) is 13.8 Å². The summed E-state index contributed by atoms with van der Waals surface area (Å²) in [6.45, 7) is 4.24. The van der Waals surface area contributed by atoms with Crippen molar-refractivity contribution in [3.8, 4) is 5.75 Å². The standard InChI is InChI=1S/C17H18ClNO5S/c1-11-9-13(18)5-6-14(11)24-17(20)15-10-16(12(2)23-15)25(21,22)19-7-3-4-8-19/h5-6,9-10H,3-4,7-8H2,1-2H3. The Bertz CT molecular complexity index is 913. The fourth-order valence-electron chi connectivity index (χ4n) is 2.77. The number of hydrogen-bond donors (Lipinski definition) is 0. The van der Waals surface area contributed by atoms with E-state index in [1.807, 2.05) is 0 Å². The molecule has 0 N–H and O–H groups in total. The summed E-state index contributed by atoms with van der Waals surface area (Å²) in [6.07, 6.45) is 1.67. The quantitative estimate of drug-likeness (QED) is 0.596. The van der Waals surface area contributed by atoms with Crippen LogP contribution in [0.5, 0.6) is 5.75 Å². The molecule has 134 valence electrons. The number of hydrogen-bond acceptors (Lipinski definition) is 5. The number of ether oxygens (including phenoxy) is 1. The molecule has 0 bridgehead atoms. The highest BCUT2D eigenvalue weighted by molar-refractivity contribution is 7.89. The van der Waals surface area contributed by atoms with Crippen molar-refractivity contribution >= 4 is 27.6 Å². The van der Waals surface area contributed by atoms with Crippen molar-refractivity contribution in [2.24, 2.45) is 0 Å². The van der Waals surface area contributed by atoms with Crippen molar-refractivity contribution in [3.05, 3.63) is 46.4 Å². The molecule has 0 spiro atoms. The van der Waals surface area contributed by atoms with Crippen molar-refractivity contribution in [1.29, 1.82) is 0 Å². The number of rotatable bonds is 4. The van der Waals surface area contributed by atoms with E-state index >= 15 is 0 Å². The van der Waals surface area contributed by atoms with E-state index in [0.717, 1.165) is 12.8 Å². The summed E-state index contributed by atoms with van der Waals surface area (Å²) in [5.74, 6) is -0.389. The van der Waals surface area contributed by atoms with Crippen LogP contribution in [0.25, 0.3) is 0 Å². The first-order valence-corrected chi connectivity index (χ1v) is 9.70. The molecule has 1 aromatic carbocycles. The minimum Gasteiger partial charge on any atom is -0.453 e. The number of carbonyl (C=O) groups excluding carboxylic acids is 1. The first kappa shape index (κ1) is 18.0. The maximum absolute atomic E-state index is 12.6. The summed E-state index contributed by atoms with van der Waals surface area (Å²) in [5, 5.41) is 0.533. The molecule has 1 aliphatic rings. The molecule has 25 heavy (non-hydrogen) atoms. The summed E-state index contributed by atoms with van der Waals surface area (Å²) in [6, 6.07) is 6.08. The number of nitrogens with zero attached hydrogens (tertiary/aromatic N) is 1. The third-order valence-corrected chi connectivity index (χ3v) is 6.34. The SMILES string of the molecule is Cc1cc(Cl)ccc1OC(=O)c1cc(S(=O)(=O)N2CCCC2)c(C)o1. The average Bonchev–Trinajstić information content (AvgIpc) is 3.20. The van der Waals surface area contributed by atoms with Gasteiger partial charge in [-0.25, -0.2) is 13.2 Å². The van der Waals surface area contributed by atoms with E-state index in [9.17, 15) is 13.2 Å². The average molecular weight is 384 g/mol. The lowest BCUT2D eigenvalue weighted by Gasteiger charge is -2.14. The molecule has 0 radical (unpaired) electrons. The molecule has 2 heterocycles. The Labute approximate surface area is 151 Å². The minimum absolute atomic E-state index is 0.00850. The number of halogens is 1. The number of benzene rings is 1. The first-order valence-electron chi connectivity index (χ1n) is 7.88. The van der Waals surface area contributed by atoms with E-state index in [2.05, 4.69) is 0 Å². The van der Waals surface area contributed by atoms with Gasteiger partial charge in [0.05, 0.1) is 0 Å². The van der Waals surface area contributed by atoms with E-state index in [1.54, 1.807) is 25.1 Å². The van der Waals surface area contributed by atoms with Gasteiger partial charge >= 0.3 is 5.97 Å². The van der Waals surface area contributed by atoms with Crippen LogP contribution in [0.2, 0.25) is 5.02 Å². The maximum Gasteiger partial charge on any atom is 0.379 e. The molecule has 1 fully saturated rings. The summed E-state index contributed by atoms with van der Waals surface area (Å²) in [7, 11) is -3.65. The molecule has 0 saturated carbocycles. The lowest BCUT2D eigenvalue weighted by Crippen LogP contribution is -2.28. The molecule has 0 unspecified atom stereocenters. The van der Waals surface area contributed by atoms with Crippen LogP contribution in [0.3, 0.4) is 0 Å². The number of esters is 1. The predicted molar refractivity (Wildman–Crippen MR) is 92.6 cm³/mol. The number of sulfonamides is 1. The van der Waals surface area contributed by atoms with Crippen LogP contribution in [-0.4, -0.2) is 31.8 Å². The van der Waals surface area contributed by atoms with Gasteiger partial charge in [-0.05, 0) is 50.5 Å². The number of furan rings is 1. The Hall–Kier alpha value is -1.83. The zero-order chi connectivity index (χ0) is 18.2. The summed E-state index contributed by atoms with van der Waals surface area (Å²) in [5.41, 5.74) is 0.689. The monoisotopic (exact) mass is 383 g/mol. The molecule has 8 heteroatoms. The highest BCUT2D eigenvalue weighted by Gasteiger charge is 2.32. The second kappa shape index (κ2) is 6.82. The smallest absolute Gasteiger partial charge is 0.379 e. The van der Waals surface area contributed by atoms with Crippen LogP contribution in [0.1, 0.15) is 34.7 Å². The molecule has 0 amide bonds. The molecule has 2 aromatic rings. The largest absolute Gasteiger partial charge is 0.453 e. The number of aryl methyl sites for hydroxylation is 2. The second-order valence-electron chi connectivity index (χ2n) is 5.94. The molecule has 0 aliphatic carbocycles. The van der Waals surface area contributed by atoms with Gasteiger partial charge in [0, 0.05) is 24.2 Å². The Morgan fingerprint density at radius 3 is 2.52 bits per heavy atom. The molecule has 1 aliphatic heterocycles. The highest BCUT2D eigenvalue weighted by Crippen LogP contribution is 2.28. The minimum atomic E-state index is -3.65. The zero-order valence-electron chi connectivity index (χ0n) is 13.9. The van der Waals surface area contributed by atoms with E-state index in [1.165, 1.54) is 17.3 Å². The van der Waals surface area contributed by atoms with Crippen molar-refractivity contribution in [2.45, 2.75) is 31.6 Å². The van der Waals surface area contributed by atoms with Crippen LogP contribution >= 0.6 is 11.6 Å². The zero-order valence-corrected chi connectivity index (χ0v) is 15.5. The Kier molecular flexibility index (Phi) is 4.90. The van der Waals surface area contributed by atoms with Gasteiger partial charge in [0.1, 0.15) is 16.4 Å². The molecular weight excluding hydrogens is 366 g/mol. The molecule has 3 rings (SSSR count). The van der Waals surface area contributed by atoms with Gasteiger partial charge in [0.25, 0.3) is 0 Å². The van der Waals surface area contributed by atoms with Gasteiger partial charge in [-0.3, -0.25) is 0 Å². The first-order chi connectivity index (χ1) is 11.8. The van der Waals surface area contributed by atoms with Crippen LogP contribution in [-0.2, 0) is 10.0 Å². The molecule has 0 atom stereocenters. The Balaban J connectivity index is 1.85. The van der Waals surface area contributed by atoms with Gasteiger partial charge in [-0.2, -0.15) is 4.31 Å². The van der Waals surface area contributed by atoms with E-state index in [0.29, 0.717) is 29.4 Å². The molecule has 1 aromatic heterocycles. The highest BCUT2D eigenvalue weighted by atomic mass is 35.5. The fourth-order valence-corrected chi connectivity index (χ4v) is 4.67. The predicted octanol–water partition coefficient (Wildman–Crippen LogP) is 3.55. The maximum atomic E-state index is 12.6. The second-order valence-corrected chi connectivity index (χ2v) is 8.28. The van der Waals surface area contributed by atoms with Crippen molar-refractivity contribution in [3.63, 3.8) is 0 Å². The third-order valence-electron chi connectivity index (χ3n) is 4.10. The Morgan fingerprint density at radius 2 is 1.88 bits per heavy atom. The van der Waals surface area contributed by atoms with E-state index in [4.69, 9.17) is 20.8 Å². The van der Waals surface area contributed by atoms with Crippen molar-refractivity contribution in [1.82, 2.24) is 4.31 Å². The fraction of sp³-hybridized carbons (Fsp3) is 0.353. The summed E-state index contributed by atoms with van der Waals surface area (Å²) < 4.78 is 37.3. The lowest BCUT2D eigenvalue weighted by molar-refractivity contribution is 0.0698. The number of carbonyl (C=O) groups is 1. The van der Waals surface area contributed by atoms with Crippen LogP contribution in [0.15, 0.2) is 33.6 Å². The molecular formula is C17H18ClNO5S. The van der Waals surface area contributed by atoms with Crippen LogP contribution in [0.4, 0.5) is 0 Å². The van der Waals surface area contributed by atoms with Gasteiger partial charge in [0.2, 0.25) is 15.8 Å². The Morgan fingerprint density at radius 1 is 1.20 bits per heavy atom. The van der Waals surface area contributed by atoms with Crippen LogP contribution < -0.4 is 4.74 Å². The lowest BCUT2D eigenvalue weighted by atomic mass is 10.2. The van der Waals surface area contributed by atoms with Crippen molar-refractivity contribution < 1.29 is 22.4 Å². The summed E-state index contributed by atoms with van der Waals surface area (Å²) >= 11 is 5.88. The van der Waals surface area contributed by atoms with Gasteiger partial charge in [-0.15, -0.1) is 0 Å². The van der Waals surface area contributed by atoms with E-state index in [-0.39, 0.29) is 16.4 Å².